The zero-order valence-corrected chi connectivity index (χ0v) is 8.95. The molecule has 2 heterocycles. The lowest BCUT2D eigenvalue weighted by Crippen LogP contribution is -2.41. The minimum atomic E-state index is 0.260. The first-order valence-electron chi connectivity index (χ1n) is 5.34. The zero-order valence-electron chi connectivity index (χ0n) is 8.95. The molecule has 0 spiro atoms. The molecule has 0 bridgehead atoms. The maximum atomic E-state index is 4.41. The molecule has 1 aromatic rings. The molecule has 1 saturated heterocycles. The smallest absolute Gasteiger partial charge is 0.138 e. The lowest BCUT2D eigenvalue weighted by molar-refractivity contribution is 0.274. The molecule has 4 heteroatoms. The Bertz CT molecular complexity index is 299. The molecule has 4 nitrogen and oxygen atoms in total. The average molecular weight is 194 g/mol. The summed E-state index contributed by atoms with van der Waals surface area (Å²) in [6, 6.07) is 0. The van der Waals surface area contributed by atoms with Gasteiger partial charge in [0.25, 0.3) is 0 Å². The van der Waals surface area contributed by atoms with Gasteiger partial charge in [-0.1, -0.05) is 6.92 Å². The van der Waals surface area contributed by atoms with Crippen molar-refractivity contribution in [2.24, 2.45) is 7.05 Å². The Kier molecular flexibility index (Phi) is 2.54. The van der Waals surface area contributed by atoms with E-state index >= 15 is 0 Å². The van der Waals surface area contributed by atoms with Gasteiger partial charge in [-0.05, 0) is 32.4 Å². The number of nitrogens with one attached hydrogen (secondary N) is 1. The number of aryl methyl sites for hydroxylation is 1. The Labute approximate surface area is 84.7 Å². The van der Waals surface area contributed by atoms with E-state index in [1.807, 2.05) is 11.7 Å². The summed E-state index contributed by atoms with van der Waals surface area (Å²) in [4.78, 5) is 4.41. The second kappa shape index (κ2) is 3.69. The maximum Gasteiger partial charge on any atom is 0.138 e. The molecule has 0 saturated carbocycles. The molecule has 0 aromatic carbocycles. The van der Waals surface area contributed by atoms with Gasteiger partial charge in [-0.15, -0.1) is 0 Å². The van der Waals surface area contributed by atoms with Crippen LogP contribution in [-0.2, 0) is 12.5 Å². The molecule has 1 aromatic heterocycles. The second-order valence-corrected chi connectivity index (χ2v) is 4.09. The Morgan fingerprint density at radius 1 is 1.50 bits per heavy atom. The topological polar surface area (TPSA) is 42.7 Å². The van der Waals surface area contributed by atoms with Crippen molar-refractivity contribution in [3.05, 3.63) is 12.2 Å². The minimum Gasteiger partial charge on any atom is -0.317 e. The predicted molar refractivity (Wildman–Crippen MR) is 55.1 cm³/mol. The molecule has 0 amide bonds. The van der Waals surface area contributed by atoms with Crippen molar-refractivity contribution in [2.75, 3.05) is 13.1 Å². The van der Waals surface area contributed by atoms with Crippen LogP contribution in [0.15, 0.2) is 6.33 Å². The van der Waals surface area contributed by atoms with E-state index in [4.69, 9.17) is 0 Å². The highest BCUT2D eigenvalue weighted by Crippen LogP contribution is 2.34. The molecule has 1 aliphatic heterocycles. The van der Waals surface area contributed by atoms with Gasteiger partial charge in [-0.25, -0.2) is 4.98 Å². The van der Waals surface area contributed by atoms with Crippen molar-refractivity contribution in [1.29, 1.82) is 0 Å². The number of hydrogen-bond donors (Lipinski definition) is 1. The molecule has 0 atom stereocenters. The van der Waals surface area contributed by atoms with Gasteiger partial charge in [0.2, 0.25) is 0 Å². The fourth-order valence-corrected chi connectivity index (χ4v) is 2.42. The number of piperidine rings is 1. The minimum absolute atomic E-state index is 0.260. The van der Waals surface area contributed by atoms with Crippen molar-refractivity contribution in [3.8, 4) is 0 Å². The van der Waals surface area contributed by atoms with Crippen molar-refractivity contribution >= 4 is 0 Å². The molecule has 1 fully saturated rings. The molecule has 14 heavy (non-hydrogen) atoms. The van der Waals surface area contributed by atoms with Gasteiger partial charge >= 0.3 is 0 Å². The number of rotatable bonds is 2. The summed E-state index contributed by atoms with van der Waals surface area (Å²) in [5.41, 5.74) is 0.260. The SMILES string of the molecule is CCC1(c2ncnn2C)CCNCC1. The van der Waals surface area contributed by atoms with E-state index in [1.54, 1.807) is 6.33 Å². The van der Waals surface area contributed by atoms with Crippen LogP contribution in [0.25, 0.3) is 0 Å². The lowest BCUT2D eigenvalue weighted by atomic mass is 9.76. The van der Waals surface area contributed by atoms with Gasteiger partial charge in [-0.3, -0.25) is 4.68 Å². The summed E-state index contributed by atoms with van der Waals surface area (Å²) in [6.45, 7) is 4.45. The van der Waals surface area contributed by atoms with Crippen molar-refractivity contribution < 1.29 is 0 Å². The van der Waals surface area contributed by atoms with E-state index in [9.17, 15) is 0 Å². The third kappa shape index (κ3) is 1.43. The van der Waals surface area contributed by atoms with Crippen LogP contribution in [0.1, 0.15) is 32.0 Å². The highest BCUT2D eigenvalue weighted by Gasteiger charge is 2.35. The van der Waals surface area contributed by atoms with Gasteiger partial charge in [0.1, 0.15) is 12.2 Å². The highest BCUT2D eigenvalue weighted by atomic mass is 15.3. The van der Waals surface area contributed by atoms with Crippen LogP contribution in [0.5, 0.6) is 0 Å². The van der Waals surface area contributed by atoms with Crippen LogP contribution in [0.2, 0.25) is 0 Å². The molecular weight excluding hydrogens is 176 g/mol. The standard InChI is InChI=1S/C10H18N4/c1-3-10(4-6-11-7-5-10)9-12-8-13-14(9)2/h8,11H,3-7H2,1-2H3. The molecule has 0 unspecified atom stereocenters. The van der Waals surface area contributed by atoms with Gasteiger partial charge in [0.05, 0.1) is 0 Å². The van der Waals surface area contributed by atoms with E-state index in [2.05, 4.69) is 22.3 Å². The zero-order chi connectivity index (χ0) is 10.0. The first-order valence-corrected chi connectivity index (χ1v) is 5.34. The van der Waals surface area contributed by atoms with Crippen molar-refractivity contribution in [3.63, 3.8) is 0 Å². The molecule has 78 valence electrons. The Hall–Kier alpha value is -0.900. The first kappa shape index (κ1) is 9.65. The molecule has 0 aliphatic carbocycles. The molecule has 1 N–H and O–H groups in total. The summed E-state index contributed by atoms with van der Waals surface area (Å²) in [7, 11) is 1.99. The van der Waals surface area contributed by atoms with Crippen LogP contribution in [0.3, 0.4) is 0 Å². The van der Waals surface area contributed by atoms with Crippen LogP contribution in [0.4, 0.5) is 0 Å². The third-order valence-corrected chi connectivity index (χ3v) is 3.42. The normalized spacial score (nSPS) is 21.0. The molecule has 0 radical (unpaired) electrons. The Morgan fingerprint density at radius 3 is 2.71 bits per heavy atom. The van der Waals surface area contributed by atoms with Gasteiger partial charge in [0, 0.05) is 12.5 Å². The van der Waals surface area contributed by atoms with E-state index < -0.39 is 0 Å². The summed E-state index contributed by atoms with van der Waals surface area (Å²) in [5.74, 6) is 1.15. The highest BCUT2D eigenvalue weighted by molar-refractivity contribution is 5.09. The third-order valence-electron chi connectivity index (χ3n) is 3.42. The van der Waals surface area contributed by atoms with Gasteiger partial charge in [0.15, 0.2) is 0 Å². The summed E-state index contributed by atoms with van der Waals surface area (Å²) >= 11 is 0. The largest absolute Gasteiger partial charge is 0.317 e. The van der Waals surface area contributed by atoms with E-state index in [0.717, 1.165) is 25.3 Å². The number of hydrogen-bond acceptors (Lipinski definition) is 3. The summed E-state index contributed by atoms with van der Waals surface area (Å²) in [6.07, 6.45) is 5.17. The fourth-order valence-electron chi connectivity index (χ4n) is 2.42. The number of aromatic nitrogens is 3. The van der Waals surface area contributed by atoms with E-state index in [-0.39, 0.29) is 5.41 Å². The Morgan fingerprint density at radius 2 is 2.21 bits per heavy atom. The molecule has 2 rings (SSSR count). The van der Waals surface area contributed by atoms with Gasteiger partial charge in [-0.2, -0.15) is 5.10 Å². The number of nitrogens with zero attached hydrogens (tertiary/aromatic N) is 3. The molecular formula is C10H18N4. The monoisotopic (exact) mass is 194 g/mol. The lowest BCUT2D eigenvalue weighted by Gasteiger charge is -2.35. The van der Waals surface area contributed by atoms with E-state index in [1.165, 1.54) is 12.8 Å². The first-order chi connectivity index (χ1) is 6.78. The quantitative estimate of drug-likeness (QED) is 0.759. The van der Waals surface area contributed by atoms with E-state index in [0.29, 0.717) is 0 Å². The van der Waals surface area contributed by atoms with Crippen molar-refractivity contribution in [1.82, 2.24) is 20.1 Å². The molecule has 1 aliphatic rings. The van der Waals surface area contributed by atoms with Crippen LogP contribution < -0.4 is 5.32 Å². The second-order valence-electron chi connectivity index (χ2n) is 4.09. The summed E-state index contributed by atoms with van der Waals surface area (Å²) < 4.78 is 1.93. The predicted octanol–water partition coefficient (Wildman–Crippen LogP) is 0.846. The average Bonchev–Trinajstić information content (AvgIpc) is 2.66. The van der Waals surface area contributed by atoms with Crippen LogP contribution in [-0.4, -0.2) is 27.9 Å². The summed E-state index contributed by atoms with van der Waals surface area (Å²) in [5, 5.41) is 7.57. The van der Waals surface area contributed by atoms with Crippen LogP contribution >= 0.6 is 0 Å². The van der Waals surface area contributed by atoms with Crippen LogP contribution in [0, 0.1) is 0 Å². The van der Waals surface area contributed by atoms with Gasteiger partial charge < -0.3 is 5.32 Å². The fraction of sp³-hybridized carbons (Fsp3) is 0.800. The maximum absolute atomic E-state index is 4.41. The van der Waals surface area contributed by atoms with Crippen molar-refractivity contribution in [2.45, 2.75) is 31.6 Å². The Balaban J connectivity index is 2.31.